The first-order valence-electron chi connectivity index (χ1n) is 6.70. The number of hydrogen-bond acceptors (Lipinski definition) is 6. The zero-order valence-electron chi connectivity index (χ0n) is 11.6. The molecule has 3 heterocycles. The molecule has 3 atom stereocenters. The highest BCUT2D eigenvalue weighted by Gasteiger charge is 2.36. The number of anilines is 1. The number of nitrogen functional groups attached to an aromatic ring is 1. The fourth-order valence-electron chi connectivity index (χ4n) is 2.76. The zero-order valence-corrected chi connectivity index (χ0v) is 11.6. The fourth-order valence-corrected chi connectivity index (χ4v) is 2.76. The predicted octanol–water partition coefficient (Wildman–Crippen LogP) is -0.358. The molecule has 2 aromatic heterocycles. The number of aromatic nitrogens is 3. The van der Waals surface area contributed by atoms with Crippen molar-refractivity contribution in [1.29, 1.82) is 0 Å². The standard InChI is InChI=1S/C14H15N5O3/c1-2-7-3-8(5-20)22-14(7)19-4-9(12(16)21)10-11(15)17-6-18-13(10)19/h1,4,6-8,14,20H,3,5H2,(H2,16,21)(H2,15,17,18). The molecule has 1 aliphatic heterocycles. The van der Waals surface area contributed by atoms with E-state index in [9.17, 15) is 9.90 Å². The first-order valence-corrected chi connectivity index (χ1v) is 6.70. The summed E-state index contributed by atoms with van der Waals surface area (Å²) < 4.78 is 7.39. The van der Waals surface area contributed by atoms with Gasteiger partial charge in [-0.3, -0.25) is 4.79 Å². The molecule has 0 aromatic carbocycles. The number of fused-ring (bicyclic) bond motifs is 1. The van der Waals surface area contributed by atoms with E-state index < -0.39 is 12.1 Å². The van der Waals surface area contributed by atoms with Crippen molar-refractivity contribution in [3.05, 3.63) is 18.1 Å². The minimum absolute atomic E-state index is 0.131. The van der Waals surface area contributed by atoms with Crippen LogP contribution in [0.25, 0.3) is 11.0 Å². The van der Waals surface area contributed by atoms with Gasteiger partial charge in [0.1, 0.15) is 24.0 Å². The molecule has 0 aliphatic carbocycles. The first kappa shape index (κ1) is 14.3. The molecule has 1 aliphatic rings. The number of amides is 1. The molecule has 3 unspecified atom stereocenters. The molecule has 114 valence electrons. The fraction of sp³-hybridized carbons (Fsp3) is 0.357. The maximum atomic E-state index is 11.6. The van der Waals surface area contributed by atoms with Gasteiger partial charge in [0, 0.05) is 6.20 Å². The van der Waals surface area contributed by atoms with Crippen LogP contribution in [0.5, 0.6) is 0 Å². The number of nitrogens with two attached hydrogens (primary N) is 2. The largest absolute Gasteiger partial charge is 0.394 e. The maximum absolute atomic E-state index is 11.6. The van der Waals surface area contributed by atoms with Gasteiger partial charge in [0.2, 0.25) is 0 Å². The quantitative estimate of drug-likeness (QED) is 0.664. The molecule has 0 bridgehead atoms. The van der Waals surface area contributed by atoms with E-state index in [4.69, 9.17) is 22.6 Å². The molecule has 3 rings (SSSR count). The highest BCUT2D eigenvalue weighted by Crippen LogP contribution is 2.37. The zero-order chi connectivity index (χ0) is 15.9. The lowest BCUT2D eigenvalue weighted by Gasteiger charge is -2.17. The molecular formula is C14H15N5O3. The summed E-state index contributed by atoms with van der Waals surface area (Å²) in [4.78, 5) is 19.7. The molecule has 1 saturated heterocycles. The van der Waals surface area contributed by atoms with Gasteiger partial charge in [-0.25, -0.2) is 9.97 Å². The highest BCUT2D eigenvalue weighted by molar-refractivity contribution is 6.08. The summed E-state index contributed by atoms with van der Waals surface area (Å²) in [5, 5.41) is 9.65. The summed E-state index contributed by atoms with van der Waals surface area (Å²) in [5.74, 6) is 1.91. The van der Waals surface area contributed by atoms with Crippen LogP contribution in [-0.2, 0) is 4.74 Å². The Morgan fingerprint density at radius 1 is 1.59 bits per heavy atom. The van der Waals surface area contributed by atoms with Crippen molar-refractivity contribution in [3.8, 4) is 12.3 Å². The topological polar surface area (TPSA) is 129 Å². The van der Waals surface area contributed by atoms with Gasteiger partial charge in [-0.1, -0.05) is 5.92 Å². The Bertz CT molecular complexity index is 779. The van der Waals surface area contributed by atoms with E-state index in [1.807, 2.05) is 0 Å². The van der Waals surface area contributed by atoms with E-state index in [2.05, 4.69) is 15.9 Å². The summed E-state index contributed by atoms with van der Waals surface area (Å²) >= 11 is 0. The van der Waals surface area contributed by atoms with Crippen molar-refractivity contribution >= 4 is 22.8 Å². The van der Waals surface area contributed by atoms with E-state index in [1.54, 1.807) is 4.57 Å². The van der Waals surface area contributed by atoms with Crippen LogP contribution in [0.3, 0.4) is 0 Å². The van der Waals surface area contributed by atoms with Crippen LogP contribution >= 0.6 is 0 Å². The minimum atomic E-state index is -0.640. The van der Waals surface area contributed by atoms with Crippen LogP contribution in [0.4, 0.5) is 5.82 Å². The highest BCUT2D eigenvalue weighted by atomic mass is 16.5. The molecule has 8 heteroatoms. The monoisotopic (exact) mass is 301 g/mol. The van der Waals surface area contributed by atoms with Gasteiger partial charge >= 0.3 is 0 Å². The molecule has 2 aromatic rings. The maximum Gasteiger partial charge on any atom is 0.251 e. The van der Waals surface area contributed by atoms with Crippen LogP contribution in [0.15, 0.2) is 12.5 Å². The summed E-state index contributed by atoms with van der Waals surface area (Å²) in [6.45, 7) is -0.131. The summed E-state index contributed by atoms with van der Waals surface area (Å²) in [6, 6.07) is 0. The summed E-state index contributed by atoms with van der Waals surface area (Å²) in [7, 11) is 0. The number of terminal acetylenes is 1. The van der Waals surface area contributed by atoms with Gasteiger partial charge in [0.05, 0.1) is 29.6 Å². The van der Waals surface area contributed by atoms with Crippen molar-refractivity contribution in [2.75, 3.05) is 12.3 Å². The van der Waals surface area contributed by atoms with Gasteiger partial charge in [-0.05, 0) is 6.42 Å². The molecular weight excluding hydrogens is 286 g/mol. The predicted molar refractivity (Wildman–Crippen MR) is 78.4 cm³/mol. The number of carbonyl (C=O) groups is 1. The number of aliphatic hydroxyl groups is 1. The SMILES string of the molecule is C#CC1CC(CO)OC1n1cc(C(N)=O)c2c(N)ncnc21. The van der Waals surface area contributed by atoms with Crippen LogP contribution in [0.1, 0.15) is 23.0 Å². The molecule has 0 saturated carbocycles. The second kappa shape index (κ2) is 5.29. The normalized spacial score (nSPS) is 24.5. The third-order valence-corrected chi connectivity index (χ3v) is 3.79. The Labute approximate surface area is 126 Å². The first-order chi connectivity index (χ1) is 10.6. The lowest BCUT2D eigenvalue weighted by Crippen LogP contribution is -2.16. The molecule has 0 spiro atoms. The third-order valence-electron chi connectivity index (χ3n) is 3.79. The number of ether oxygens (including phenoxy) is 1. The second-order valence-corrected chi connectivity index (χ2v) is 5.11. The van der Waals surface area contributed by atoms with E-state index in [1.165, 1.54) is 12.5 Å². The van der Waals surface area contributed by atoms with Gasteiger partial charge in [0.25, 0.3) is 5.91 Å². The third kappa shape index (κ3) is 2.07. The van der Waals surface area contributed by atoms with E-state index >= 15 is 0 Å². The van der Waals surface area contributed by atoms with E-state index in [0.29, 0.717) is 17.5 Å². The van der Waals surface area contributed by atoms with Crippen molar-refractivity contribution in [1.82, 2.24) is 14.5 Å². The van der Waals surface area contributed by atoms with Crippen molar-refractivity contribution in [2.45, 2.75) is 18.8 Å². The lowest BCUT2D eigenvalue weighted by molar-refractivity contribution is -0.0260. The average molecular weight is 301 g/mol. The van der Waals surface area contributed by atoms with Gasteiger partial charge in [-0.2, -0.15) is 0 Å². The Hall–Kier alpha value is -2.63. The summed E-state index contributed by atoms with van der Waals surface area (Å²) in [6.07, 6.45) is 7.97. The minimum Gasteiger partial charge on any atom is -0.394 e. The van der Waals surface area contributed by atoms with Crippen molar-refractivity contribution in [3.63, 3.8) is 0 Å². The van der Waals surface area contributed by atoms with Crippen molar-refractivity contribution < 1.29 is 14.6 Å². The van der Waals surface area contributed by atoms with Gasteiger partial charge < -0.3 is 25.9 Å². The Balaban J connectivity index is 2.18. The smallest absolute Gasteiger partial charge is 0.251 e. The van der Waals surface area contributed by atoms with E-state index in [-0.39, 0.29) is 30.0 Å². The second-order valence-electron chi connectivity index (χ2n) is 5.11. The Kier molecular flexibility index (Phi) is 3.44. The Morgan fingerprint density at radius 2 is 2.36 bits per heavy atom. The molecule has 5 N–H and O–H groups in total. The number of rotatable bonds is 3. The Morgan fingerprint density at radius 3 is 3.00 bits per heavy atom. The van der Waals surface area contributed by atoms with Crippen molar-refractivity contribution in [2.24, 2.45) is 11.7 Å². The molecule has 1 fully saturated rings. The van der Waals surface area contributed by atoms with Crippen LogP contribution in [0, 0.1) is 18.3 Å². The van der Waals surface area contributed by atoms with Crippen LogP contribution < -0.4 is 11.5 Å². The van der Waals surface area contributed by atoms with Crippen LogP contribution in [-0.4, -0.2) is 38.3 Å². The number of hydrogen-bond donors (Lipinski definition) is 3. The molecule has 22 heavy (non-hydrogen) atoms. The number of carbonyl (C=O) groups excluding carboxylic acids is 1. The number of primary amides is 1. The average Bonchev–Trinajstić information content (AvgIpc) is 3.08. The molecule has 8 nitrogen and oxygen atoms in total. The number of aliphatic hydroxyl groups excluding tert-OH is 1. The number of nitrogens with zero attached hydrogens (tertiary/aromatic N) is 3. The molecule has 1 amide bonds. The molecule has 0 radical (unpaired) electrons. The summed E-state index contributed by atoms with van der Waals surface area (Å²) in [5.41, 5.74) is 11.9. The van der Waals surface area contributed by atoms with Gasteiger partial charge in [0.15, 0.2) is 0 Å². The van der Waals surface area contributed by atoms with Gasteiger partial charge in [-0.15, -0.1) is 6.42 Å². The van der Waals surface area contributed by atoms with E-state index in [0.717, 1.165) is 0 Å². The van der Waals surface area contributed by atoms with Crippen LogP contribution in [0.2, 0.25) is 0 Å². The lowest BCUT2D eigenvalue weighted by atomic mass is 10.0.